The Hall–Kier alpha value is -2.55. The highest BCUT2D eigenvalue weighted by atomic mass is 35.5. The lowest BCUT2D eigenvalue weighted by Crippen LogP contribution is -2.15. The molecule has 0 aliphatic carbocycles. The van der Waals surface area contributed by atoms with Gasteiger partial charge in [0.1, 0.15) is 5.69 Å². The number of pyridine rings is 1. The average Bonchev–Trinajstić information content (AvgIpc) is 2.90. The second-order valence-electron chi connectivity index (χ2n) is 5.32. The van der Waals surface area contributed by atoms with Crippen LogP contribution in [0.1, 0.15) is 18.1 Å². The number of carbonyl (C=O) groups excluding carboxylic acids is 1. The molecule has 140 valence electrons. The molecule has 0 saturated carbocycles. The molecule has 3 rings (SSSR count). The van der Waals surface area contributed by atoms with Crippen LogP contribution < -0.4 is 4.87 Å². The number of hydrogen-bond donors (Lipinski definition) is 0. The molecule has 0 aliphatic heterocycles. The van der Waals surface area contributed by atoms with Crippen LogP contribution in [0.3, 0.4) is 0 Å². The normalized spacial score (nSPS) is 11.6. The predicted octanol–water partition coefficient (Wildman–Crippen LogP) is 4.79. The summed E-state index contributed by atoms with van der Waals surface area (Å²) in [5.41, 5.74) is -0.979. The van der Waals surface area contributed by atoms with Crippen LogP contribution in [-0.4, -0.2) is 15.6 Å². The number of benzene rings is 1. The Labute approximate surface area is 157 Å². The number of alkyl halides is 3. The monoisotopic (exact) mass is 417 g/mol. The van der Waals surface area contributed by atoms with Crippen LogP contribution in [0.4, 0.5) is 23.2 Å². The van der Waals surface area contributed by atoms with Crippen molar-refractivity contribution in [1.29, 1.82) is 0 Å². The zero-order valence-corrected chi connectivity index (χ0v) is 15.0. The highest BCUT2D eigenvalue weighted by Gasteiger charge is 2.32. The highest BCUT2D eigenvalue weighted by Crippen LogP contribution is 2.36. The molecular weight excluding hydrogens is 410 g/mol. The number of thiazole rings is 1. The second-order valence-corrected chi connectivity index (χ2v) is 6.72. The Morgan fingerprint density at radius 2 is 2.07 bits per heavy atom. The van der Waals surface area contributed by atoms with E-state index in [4.69, 9.17) is 11.6 Å². The lowest BCUT2D eigenvalue weighted by Gasteiger charge is -2.12. The Kier molecular flexibility index (Phi) is 4.90. The van der Waals surface area contributed by atoms with Gasteiger partial charge < -0.3 is 0 Å². The van der Waals surface area contributed by atoms with E-state index in [9.17, 15) is 27.2 Å². The molecule has 0 aliphatic rings. The zero-order valence-electron chi connectivity index (χ0n) is 13.4. The Balaban J connectivity index is 2.39. The first kappa shape index (κ1) is 19.2. The Morgan fingerprint density at radius 3 is 2.63 bits per heavy atom. The lowest BCUT2D eigenvalue weighted by molar-refractivity contribution is -0.137. The summed E-state index contributed by atoms with van der Waals surface area (Å²) in [6.45, 7) is 1.65. The van der Waals surface area contributed by atoms with Crippen molar-refractivity contribution in [1.82, 2.24) is 9.55 Å². The van der Waals surface area contributed by atoms with Crippen molar-refractivity contribution in [3.8, 4) is 5.82 Å². The van der Waals surface area contributed by atoms with Crippen molar-refractivity contribution in [2.24, 2.45) is 4.99 Å². The van der Waals surface area contributed by atoms with Gasteiger partial charge in [0.05, 0.1) is 20.8 Å². The van der Waals surface area contributed by atoms with Gasteiger partial charge in [-0.25, -0.2) is 18.7 Å². The van der Waals surface area contributed by atoms with Crippen LogP contribution in [-0.2, 0) is 17.4 Å². The molecular formula is C16H8ClF4N3O2S. The van der Waals surface area contributed by atoms with E-state index in [-0.39, 0.29) is 33.7 Å². The van der Waals surface area contributed by atoms with Crippen LogP contribution >= 0.6 is 22.9 Å². The second kappa shape index (κ2) is 6.88. The van der Waals surface area contributed by atoms with Crippen LogP contribution in [0.25, 0.3) is 16.0 Å². The maximum atomic E-state index is 14.2. The van der Waals surface area contributed by atoms with Gasteiger partial charge in [-0.2, -0.15) is 18.2 Å². The summed E-state index contributed by atoms with van der Waals surface area (Å²) in [7, 11) is 0. The number of rotatable bonds is 3. The first-order valence-corrected chi connectivity index (χ1v) is 8.56. The number of halogens is 5. The van der Waals surface area contributed by atoms with Gasteiger partial charge in [0, 0.05) is 11.8 Å². The van der Waals surface area contributed by atoms with Gasteiger partial charge in [0.15, 0.2) is 11.6 Å². The minimum atomic E-state index is -4.65. The van der Waals surface area contributed by atoms with Crippen molar-refractivity contribution in [2.45, 2.75) is 19.5 Å². The maximum Gasteiger partial charge on any atom is 0.417 e. The van der Waals surface area contributed by atoms with Crippen LogP contribution in [0.5, 0.6) is 0 Å². The third-order valence-electron chi connectivity index (χ3n) is 3.76. The number of aliphatic imine (C=N–C) groups is 1. The van der Waals surface area contributed by atoms with Crippen molar-refractivity contribution < 1.29 is 22.4 Å². The summed E-state index contributed by atoms with van der Waals surface area (Å²) in [5.74, 6) is -1.05. The summed E-state index contributed by atoms with van der Waals surface area (Å²) in [4.78, 5) is 29.5. The topological polar surface area (TPSA) is 64.3 Å². The van der Waals surface area contributed by atoms with E-state index >= 15 is 0 Å². The fraction of sp³-hybridized carbons (Fsp3) is 0.188. The molecule has 5 nitrogen and oxygen atoms in total. The minimum absolute atomic E-state index is 0.178. The smallest absolute Gasteiger partial charge is 0.256 e. The van der Waals surface area contributed by atoms with Gasteiger partial charge in [0.25, 0.3) is 0 Å². The molecule has 0 radical (unpaired) electrons. The lowest BCUT2D eigenvalue weighted by atomic mass is 10.1. The van der Waals surface area contributed by atoms with Crippen LogP contribution in [0.2, 0.25) is 5.02 Å². The fourth-order valence-corrected chi connectivity index (χ4v) is 3.84. The summed E-state index contributed by atoms with van der Waals surface area (Å²) in [6, 6.07) is 1.67. The third-order valence-corrected chi connectivity index (χ3v) is 4.93. The van der Waals surface area contributed by atoms with E-state index in [1.54, 1.807) is 6.92 Å². The molecule has 2 aromatic heterocycles. The van der Waals surface area contributed by atoms with Crippen molar-refractivity contribution in [3.63, 3.8) is 0 Å². The van der Waals surface area contributed by atoms with Crippen LogP contribution in [0.15, 0.2) is 28.1 Å². The van der Waals surface area contributed by atoms with Crippen molar-refractivity contribution >= 4 is 44.9 Å². The SMILES string of the molecule is CCc1c(N=C=O)c(F)cc2sc(=O)n(-c3ncc(C(F)(F)F)cc3Cl)c12. The molecule has 0 fully saturated rings. The molecule has 11 heteroatoms. The number of hydrogen-bond acceptors (Lipinski definition) is 5. The van der Waals surface area contributed by atoms with Gasteiger partial charge in [-0.3, -0.25) is 4.79 Å². The molecule has 2 heterocycles. The molecule has 0 saturated heterocycles. The predicted molar refractivity (Wildman–Crippen MR) is 92.3 cm³/mol. The van der Waals surface area contributed by atoms with E-state index < -0.39 is 27.5 Å². The van der Waals surface area contributed by atoms with Crippen molar-refractivity contribution in [3.05, 3.63) is 50.0 Å². The molecule has 0 N–H and O–H groups in total. The zero-order chi connectivity index (χ0) is 19.9. The summed E-state index contributed by atoms with van der Waals surface area (Å²) in [5, 5.41) is -0.404. The number of fused-ring (bicyclic) bond motifs is 1. The maximum absolute atomic E-state index is 14.2. The van der Waals surface area contributed by atoms with Crippen LogP contribution in [0, 0.1) is 5.82 Å². The quantitative estimate of drug-likeness (QED) is 0.350. The Morgan fingerprint density at radius 1 is 1.37 bits per heavy atom. The van der Waals surface area contributed by atoms with Gasteiger partial charge in [-0.1, -0.05) is 29.9 Å². The average molecular weight is 418 g/mol. The van der Waals surface area contributed by atoms with Gasteiger partial charge in [-0.15, -0.1) is 0 Å². The summed E-state index contributed by atoms with van der Waals surface area (Å²) in [6.07, 6.45) is -2.67. The Bertz CT molecular complexity index is 1160. The number of aryl methyl sites for hydroxylation is 1. The van der Waals surface area contributed by atoms with E-state index in [2.05, 4.69) is 9.98 Å². The molecule has 0 spiro atoms. The number of nitrogens with zero attached hydrogens (tertiary/aromatic N) is 3. The fourth-order valence-electron chi connectivity index (χ4n) is 2.65. The third kappa shape index (κ3) is 3.27. The van der Waals surface area contributed by atoms with Gasteiger partial charge in [0.2, 0.25) is 6.08 Å². The van der Waals surface area contributed by atoms with Gasteiger partial charge >= 0.3 is 11.0 Å². The molecule has 0 atom stereocenters. The minimum Gasteiger partial charge on any atom is -0.256 e. The van der Waals surface area contributed by atoms with E-state index in [0.717, 1.165) is 10.6 Å². The van der Waals surface area contributed by atoms with Crippen molar-refractivity contribution in [2.75, 3.05) is 0 Å². The largest absolute Gasteiger partial charge is 0.417 e. The molecule has 1 aromatic carbocycles. The molecule has 3 aromatic rings. The van der Waals surface area contributed by atoms with Gasteiger partial charge in [-0.05, 0) is 18.6 Å². The first-order chi connectivity index (χ1) is 12.7. The van der Waals surface area contributed by atoms with E-state index in [1.165, 1.54) is 6.08 Å². The molecule has 0 bridgehead atoms. The molecule has 0 amide bonds. The highest BCUT2D eigenvalue weighted by molar-refractivity contribution is 7.16. The molecule has 27 heavy (non-hydrogen) atoms. The summed E-state index contributed by atoms with van der Waals surface area (Å²) >= 11 is 6.62. The molecule has 0 unspecified atom stereocenters. The first-order valence-electron chi connectivity index (χ1n) is 7.37. The van der Waals surface area contributed by atoms with E-state index in [0.29, 0.717) is 23.6 Å². The van der Waals surface area contributed by atoms with E-state index in [1.807, 2.05) is 0 Å². The standard InChI is InChI=1S/C16H8ClF4N3O2S/c1-2-8-12(23-6-25)10(18)4-11-13(8)24(15(26)27-11)14-9(17)3-7(5-22-14)16(19,20)21/h3-5H,2H2,1H3. The summed E-state index contributed by atoms with van der Waals surface area (Å²) < 4.78 is 53.9. The number of aromatic nitrogens is 2. The number of isocyanates is 1.